The molecule has 2 aromatic heterocycles. The molecule has 0 saturated carbocycles. The highest BCUT2D eigenvalue weighted by atomic mass is 32.1. The van der Waals surface area contributed by atoms with Crippen LogP contribution in [0.5, 0.6) is 0 Å². The number of nitrogens with one attached hydrogen (secondary N) is 1. The molecule has 1 N–H and O–H groups in total. The SMILES string of the molecule is CO[C@@H](CNC(=O)c1ccc2ncsc2c1)c1ccc(C)s1. The molecule has 6 heteroatoms. The van der Waals surface area contributed by atoms with Crippen LogP contribution in [0.15, 0.2) is 35.8 Å². The highest BCUT2D eigenvalue weighted by Crippen LogP contribution is 2.25. The Hall–Kier alpha value is -1.76. The van der Waals surface area contributed by atoms with Crippen molar-refractivity contribution in [3.63, 3.8) is 0 Å². The zero-order valence-electron chi connectivity index (χ0n) is 12.3. The van der Waals surface area contributed by atoms with Crippen molar-refractivity contribution in [3.05, 3.63) is 51.2 Å². The first kappa shape index (κ1) is 15.1. The number of hydrogen-bond donors (Lipinski definition) is 1. The van der Waals surface area contributed by atoms with Gasteiger partial charge in [0.15, 0.2) is 0 Å². The number of amides is 1. The van der Waals surface area contributed by atoms with Gasteiger partial charge in [-0.3, -0.25) is 4.79 Å². The molecule has 22 heavy (non-hydrogen) atoms. The fourth-order valence-electron chi connectivity index (χ4n) is 2.21. The summed E-state index contributed by atoms with van der Waals surface area (Å²) >= 11 is 3.22. The quantitative estimate of drug-likeness (QED) is 0.773. The van der Waals surface area contributed by atoms with Crippen LogP contribution >= 0.6 is 22.7 Å². The van der Waals surface area contributed by atoms with E-state index in [1.165, 1.54) is 16.2 Å². The molecule has 1 aromatic carbocycles. The van der Waals surface area contributed by atoms with Crippen molar-refractivity contribution >= 4 is 38.8 Å². The van der Waals surface area contributed by atoms with Crippen molar-refractivity contribution in [2.24, 2.45) is 0 Å². The number of benzene rings is 1. The molecule has 0 aliphatic heterocycles. The van der Waals surface area contributed by atoms with Gasteiger partial charge in [0.05, 0.1) is 15.7 Å². The Balaban J connectivity index is 1.68. The van der Waals surface area contributed by atoms with Gasteiger partial charge in [-0.2, -0.15) is 0 Å². The number of thiophene rings is 1. The van der Waals surface area contributed by atoms with E-state index in [1.54, 1.807) is 30.0 Å². The summed E-state index contributed by atoms with van der Waals surface area (Å²) in [6, 6.07) is 9.65. The lowest BCUT2D eigenvalue weighted by Gasteiger charge is -2.14. The third-order valence-corrected chi connectivity index (χ3v) is 5.29. The summed E-state index contributed by atoms with van der Waals surface area (Å²) in [7, 11) is 1.66. The minimum Gasteiger partial charge on any atom is -0.374 e. The molecule has 0 spiro atoms. The average molecular weight is 332 g/mol. The van der Waals surface area contributed by atoms with Crippen molar-refractivity contribution in [2.45, 2.75) is 13.0 Å². The van der Waals surface area contributed by atoms with Crippen molar-refractivity contribution < 1.29 is 9.53 Å². The van der Waals surface area contributed by atoms with Crippen LogP contribution in [0.4, 0.5) is 0 Å². The van der Waals surface area contributed by atoms with Crippen LogP contribution in [0.1, 0.15) is 26.2 Å². The predicted octanol–water partition coefficient (Wildman–Crippen LogP) is 3.78. The van der Waals surface area contributed by atoms with Gasteiger partial charge in [-0.15, -0.1) is 22.7 Å². The number of carbonyl (C=O) groups is 1. The number of ether oxygens (including phenoxy) is 1. The Labute approximate surface area is 136 Å². The summed E-state index contributed by atoms with van der Waals surface area (Å²) in [4.78, 5) is 18.9. The highest BCUT2D eigenvalue weighted by Gasteiger charge is 2.15. The number of hydrogen-bond acceptors (Lipinski definition) is 5. The van der Waals surface area contributed by atoms with Gasteiger partial charge in [-0.05, 0) is 37.3 Å². The lowest BCUT2D eigenvalue weighted by molar-refractivity contribution is 0.0838. The summed E-state index contributed by atoms with van der Waals surface area (Å²) in [5.74, 6) is -0.0920. The number of aryl methyl sites for hydroxylation is 1. The number of fused-ring (bicyclic) bond motifs is 1. The maximum Gasteiger partial charge on any atom is 0.251 e. The van der Waals surface area contributed by atoms with Crippen molar-refractivity contribution in [3.8, 4) is 0 Å². The number of methoxy groups -OCH3 is 1. The summed E-state index contributed by atoms with van der Waals surface area (Å²) < 4.78 is 6.50. The second-order valence-electron chi connectivity index (χ2n) is 4.92. The zero-order valence-corrected chi connectivity index (χ0v) is 14.0. The van der Waals surface area contributed by atoms with Gasteiger partial charge >= 0.3 is 0 Å². The summed E-state index contributed by atoms with van der Waals surface area (Å²) in [6.45, 7) is 2.51. The molecule has 0 aliphatic rings. The second-order valence-corrected chi connectivity index (χ2v) is 7.12. The van der Waals surface area contributed by atoms with E-state index < -0.39 is 0 Å². The molecule has 0 fully saturated rings. The first-order valence-electron chi connectivity index (χ1n) is 6.88. The Morgan fingerprint density at radius 1 is 1.36 bits per heavy atom. The molecule has 0 bridgehead atoms. The molecule has 0 unspecified atom stereocenters. The molecule has 0 saturated heterocycles. The average Bonchev–Trinajstić information content (AvgIpc) is 3.15. The van der Waals surface area contributed by atoms with E-state index in [0.29, 0.717) is 12.1 Å². The molecule has 1 amide bonds. The van der Waals surface area contributed by atoms with E-state index in [-0.39, 0.29) is 12.0 Å². The standard InChI is InChI=1S/C16H16N2O2S2/c1-10-3-6-14(22-10)13(20-2)8-17-16(19)11-4-5-12-15(7-11)21-9-18-12/h3-7,9,13H,8H2,1-2H3,(H,17,19)/t13-/m0/s1. The molecule has 0 aliphatic carbocycles. The van der Waals surface area contributed by atoms with Gasteiger partial charge in [0.25, 0.3) is 5.91 Å². The van der Waals surface area contributed by atoms with Gasteiger partial charge in [-0.1, -0.05) is 0 Å². The minimum atomic E-state index is -0.116. The van der Waals surface area contributed by atoms with E-state index in [4.69, 9.17) is 4.74 Å². The lowest BCUT2D eigenvalue weighted by Crippen LogP contribution is -2.28. The molecule has 3 rings (SSSR count). The largest absolute Gasteiger partial charge is 0.374 e. The molecule has 1 atom stereocenters. The van der Waals surface area contributed by atoms with Crippen LogP contribution in [0, 0.1) is 6.92 Å². The van der Waals surface area contributed by atoms with Gasteiger partial charge in [0.2, 0.25) is 0 Å². The van der Waals surface area contributed by atoms with Crippen LogP contribution in [0.25, 0.3) is 10.2 Å². The van der Waals surface area contributed by atoms with Crippen molar-refractivity contribution in [1.29, 1.82) is 0 Å². The lowest BCUT2D eigenvalue weighted by atomic mass is 10.2. The van der Waals surface area contributed by atoms with E-state index >= 15 is 0 Å². The molecule has 0 radical (unpaired) electrons. The number of rotatable bonds is 5. The first-order chi connectivity index (χ1) is 10.7. The van der Waals surface area contributed by atoms with Crippen molar-refractivity contribution in [1.82, 2.24) is 10.3 Å². The molecule has 3 aromatic rings. The van der Waals surface area contributed by atoms with Crippen LogP contribution in [-0.2, 0) is 4.74 Å². The fourth-order valence-corrected chi connectivity index (χ4v) is 3.88. The van der Waals surface area contributed by atoms with Gasteiger partial charge < -0.3 is 10.1 Å². The topological polar surface area (TPSA) is 51.2 Å². The van der Waals surface area contributed by atoms with Crippen molar-refractivity contribution in [2.75, 3.05) is 13.7 Å². The highest BCUT2D eigenvalue weighted by molar-refractivity contribution is 7.16. The van der Waals surface area contributed by atoms with Crippen LogP contribution in [0.3, 0.4) is 0 Å². The third-order valence-electron chi connectivity index (χ3n) is 3.40. The second kappa shape index (κ2) is 6.56. The molecular weight excluding hydrogens is 316 g/mol. The Morgan fingerprint density at radius 3 is 2.95 bits per heavy atom. The number of thiazole rings is 1. The Morgan fingerprint density at radius 2 is 2.23 bits per heavy atom. The Bertz CT molecular complexity index is 794. The summed E-state index contributed by atoms with van der Waals surface area (Å²) in [5.41, 5.74) is 3.35. The van der Waals surface area contributed by atoms with E-state index in [0.717, 1.165) is 15.1 Å². The van der Waals surface area contributed by atoms with E-state index in [2.05, 4.69) is 23.3 Å². The molecule has 114 valence electrons. The Kier molecular flexibility index (Phi) is 4.52. The first-order valence-corrected chi connectivity index (χ1v) is 8.57. The number of nitrogens with zero attached hydrogens (tertiary/aromatic N) is 1. The van der Waals surface area contributed by atoms with Gasteiger partial charge in [0, 0.05) is 29.0 Å². The van der Waals surface area contributed by atoms with Crippen LogP contribution < -0.4 is 5.32 Å². The third kappa shape index (κ3) is 3.19. The zero-order chi connectivity index (χ0) is 15.5. The maximum atomic E-state index is 12.3. The smallest absolute Gasteiger partial charge is 0.251 e. The monoisotopic (exact) mass is 332 g/mol. The molecular formula is C16H16N2O2S2. The maximum absolute atomic E-state index is 12.3. The van der Waals surface area contributed by atoms with E-state index in [9.17, 15) is 4.79 Å². The fraction of sp³-hybridized carbons (Fsp3) is 0.250. The molecule has 2 heterocycles. The van der Waals surface area contributed by atoms with Gasteiger partial charge in [0.1, 0.15) is 6.10 Å². The molecule has 4 nitrogen and oxygen atoms in total. The van der Waals surface area contributed by atoms with Gasteiger partial charge in [-0.25, -0.2) is 4.98 Å². The predicted molar refractivity (Wildman–Crippen MR) is 90.8 cm³/mol. The summed E-state index contributed by atoms with van der Waals surface area (Å²) in [5, 5.41) is 2.94. The summed E-state index contributed by atoms with van der Waals surface area (Å²) in [6.07, 6.45) is -0.116. The minimum absolute atomic E-state index is 0.0920. The van der Waals surface area contributed by atoms with E-state index in [1.807, 2.05) is 18.2 Å². The normalized spacial score (nSPS) is 12.5. The van der Waals surface area contributed by atoms with Crippen LogP contribution in [-0.4, -0.2) is 24.5 Å². The number of aromatic nitrogens is 1. The number of carbonyl (C=O) groups excluding carboxylic acids is 1. The van der Waals surface area contributed by atoms with Crippen LogP contribution in [0.2, 0.25) is 0 Å².